The number of rotatable bonds is 0. The minimum atomic E-state index is 1.12. The summed E-state index contributed by atoms with van der Waals surface area (Å²) in [4.78, 5) is 4.32. The maximum atomic E-state index is 4.32. The summed E-state index contributed by atoms with van der Waals surface area (Å²) in [7, 11) is 0. The highest BCUT2D eigenvalue weighted by Gasteiger charge is 2.06. The van der Waals surface area contributed by atoms with Crippen LogP contribution in [0.3, 0.4) is 0 Å². The van der Waals surface area contributed by atoms with Crippen molar-refractivity contribution in [3.05, 3.63) is 34.2 Å². The summed E-state index contributed by atoms with van der Waals surface area (Å²) in [6.07, 6.45) is 10.2. The van der Waals surface area contributed by atoms with Crippen LogP contribution >= 0.6 is 0 Å². The molecule has 2 aliphatic rings. The number of allylic oxidation sites excluding steroid dienone is 1. The largest absolute Gasteiger partial charge is 0.256 e. The van der Waals surface area contributed by atoms with E-state index in [4.69, 9.17) is 0 Å². The molecule has 0 fully saturated rings. The van der Waals surface area contributed by atoms with E-state index in [1.165, 1.54) is 16.0 Å². The third kappa shape index (κ3) is 0.607. The molecule has 1 aromatic rings. The van der Waals surface area contributed by atoms with Crippen molar-refractivity contribution in [2.75, 3.05) is 0 Å². The first-order chi connectivity index (χ1) is 5.95. The van der Waals surface area contributed by atoms with Gasteiger partial charge in [0.25, 0.3) is 0 Å². The summed E-state index contributed by atoms with van der Waals surface area (Å²) in [6, 6.07) is 4.25. The Morgan fingerprint density at radius 1 is 1.00 bits per heavy atom. The number of fused-ring (bicyclic) bond motifs is 3. The molecule has 1 aliphatic heterocycles. The summed E-state index contributed by atoms with van der Waals surface area (Å²) >= 11 is 0. The molecule has 0 bridgehead atoms. The average molecular weight is 153 g/mol. The third-order valence-electron chi connectivity index (χ3n) is 2.28. The Kier molecular flexibility index (Phi) is 0.965. The molecule has 0 amide bonds. The molecule has 0 N–H and O–H groups in total. The summed E-state index contributed by atoms with van der Waals surface area (Å²) in [5, 5.41) is 2.51. The van der Waals surface area contributed by atoms with Crippen molar-refractivity contribution >= 4 is 30.1 Å². The maximum Gasteiger partial charge on any atom is 0.0780 e. The van der Waals surface area contributed by atoms with E-state index in [1.54, 1.807) is 0 Å². The second kappa shape index (κ2) is 1.95. The second-order valence-corrected chi connectivity index (χ2v) is 2.98. The molecule has 1 nitrogen and oxygen atoms in total. The molecule has 0 saturated carbocycles. The van der Waals surface area contributed by atoms with Crippen LogP contribution in [-0.4, -0.2) is 6.21 Å². The highest BCUT2D eigenvalue weighted by molar-refractivity contribution is 5.98. The summed E-state index contributed by atoms with van der Waals surface area (Å²) in [5.74, 6) is 0. The molecule has 0 radical (unpaired) electrons. The zero-order valence-electron chi connectivity index (χ0n) is 6.49. The van der Waals surface area contributed by atoms with Crippen molar-refractivity contribution in [3.8, 4) is 0 Å². The van der Waals surface area contributed by atoms with Gasteiger partial charge in [-0.15, -0.1) is 0 Å². The van der Waals surface area contributed by atoms with Crippen LogP contribution in [-0.2, 0) is 0 Å². The van der Waals surface area contributed by atoms with Crippen LogP contribution in [0.2, 0.25) is 0 Å². The normalized spacial score (nSPS) is 15.3. The van der Waals surface area contributed by atoms with Crippen molar-refractivity contribution in [2.45, 2.75) is 0 Å². The van der Waals surface area contributed by atoms with Crippen molar-refractivity contribution in [1.82, 2.24) is 0 Å². The summed E-state index contributed by atoms with van der Waals surface area (Å²) in [6.45, 7) is 0. The Bertz CT molecular complexity index is 470. The quantitative estimate of drug-likeness (QED) is 0.527. The molecule has 1 aliphatic carbocycles. The Labute approximate surface area is 70.1 Å². The second-order valence-electron chi connectivity index (χ2n) is 2.98. The number of aliphatic imine (C=N–C) groups is 1. The molecule has 1 heteroatoms. The smallest absolute Gasteiger partial charge is 0.0780 e. The lowest BCUT2D eigenvalue weighted by molar-refractivity contribution is 1.46. The fourth-order valence-corrected chi connectivity index (χ4v) is 1.68. The van der Waals surface area contributed by atoms with Crippen LogP contribution in [0.25, 0.3) is 18.2 Å². The average Bonchev–Trinajstić information content (AvgIpc) is 2.71. The van der Waals surface area contributed by atoms with E-state index in [9.17, 15) is 0 Å². The predicted molar refractivity (Wildman–Crippen MR) is 51.8 cm³/mol. The Morgan fingerprint density at radius 2 is 1.92 bits per heavy atom. The molecule has 0 atom stereocenters. The molecule has 3 rings (SSSR count). The summed E-state index contributed by atoms with van der Waals surface area (Å²) < 4.78 is 0. The van der Waals surface area contributed by atoms with Gasteiger partial charge < -0.3 is 0 Å². The molecule has 0 unspecified atom stereocenters. The van der Waals surface area contributed by atoms with Gasteiger partial charge in [0.2, 0.25) is 0 Å². The molecule has 0 spiro atoms. The fourth-order valence-electron chi connectivity index (χ4n) is 1.68. The first kappa shape index (κ1) is 5.95. The Morgan fingerprint density at radius 3 is 2.92 bits per heavy atom. The molecule has 1 aromatic carbocycles. The molecule has 0 aromatic heterocycles. The number of nitrogens with zero attached hydrogens (tertiary/aromatic N) is 1. The van der Waals surface area contributed by atoms with Gasteiger partial charge in [0.05, 0.1) is 5.69 Å². The molecular formula is C11H7N. The third-order valence-corrected chi connectivity index (χ3v) is 2.28. The van der Waals surface area contributed by atoms with Gasteiger partial charge in [0, 0.05) is 17.0 Å². The van der Waals surface area contributed by atoms with E-state index < -0.39 is 0 Å². The van der Waals surface area contributed by atoms with Crippen LogP contribution in [0, 0.1) is 0 Å². The summed E-state index contributed by atoms with van der Waals surface area (Å²) in [5.41, 5.74) is 2.38. The van der Waals surface area contributed by atoms with E-state index >= 15 is 0 Å². The van der Waals surface area contributed by atoms with Gasteiger partial charge in [-0.2, -0.15) is 0 Å². The van der Waals surface area contributed by atoms with E-state index in [0.29, 0.717) is 0 Å². The maximum absolute atomic E-state index is 4.32. The Balaban J connectivity index is 2.57. The number of hydrogen-bond acceptors (Lipinski definition) is 1. The van der Waals surface area contributed by atoms with Gasteiger partial charge >= 0.3 is 0 Å². The van der Waals surface area contributed by atoms with Crippen LogP contribution in [0.1, 0.15) is 5.56 Å². The zero-order chi connectivity index (χ0) is 7.97. The molecule has 0 saturated heterocycles. The first-order valence-corrected chi connectivity index (χ1v) is 4.01. The lowest BCUT2D eigenvalue weighted by Gasteiger charge is -1.96. The topological polar surface area (TPSA) is 12.4 Å². The van der Waals surface area contributed by atoms with Gasteiger partial charge in [-0.1, -0.05) is 30.4 Å². The molecule has 1 heterocycles. The van der Waals surface area contributed by atoms with Gasteiger partial charge in [-0.25, -0.2) is 0 Å². The minimum Gasteiger partial charge on any atom is -0.256 e. The minimum absolute atomic E-state index is 1.12. The van der Waals surface area contributed by atoms with E-state index in [0.717, 1.165) is 5.69 Å². The van der Waals surface area contributed by atoms with E-state index in [2.05, 4.69) is 35.4 Å². The van der Waals surface area contributed by atoms with Gasteiger partial charge in [-0.05, 0) is 11.3 Å². The predicted octanol–water partition coefficient (Wildman–Crippen LogP) is 0.990. The standard InChI is InChI=1S/C11H7N/c1-2-8-4-5-9-6-7-12-11(9)10(8)3-1/h1-7H. The van der Waals surface area contributed by atoms with Crippen molar-refractivity contribution in [2.24, 2.45) is 4.99 Å². The molecule has 56 valence electrons. The van der Waals surface area contributed by atoms with Gasteiger partial charge in [0.1, 0.15) is 0 Å². The van der Waals surface area contributed by atoms with Crippen LogP contribution < -0.4 is 10.4 Å². The van der Waals surface area contributed by atoms with Crippen LogP contribution in [0.4, 0.5) is 5.69 Å². The highest BCUT2D eigenvalue weighted by atomic mass is 14.7. The molecule has 12 heavy (non-hydrogen) atoms. The van der Waals surface area contributed by atoms with Gasteiger partial charge in [0.15, 0.2) is 0 Å². The van der Waals surface area contributed by atoms with Crippen LogP contribution in [0.5, 0.6) is 0 Å². The molecular weight excluding hydrogens is 146 g/mol. The monoisotopic (exact) mass is 153 g/mol. The fraction of sp³-hybridized carbons (Fsp3) is 0. The van der Waals surface area contributed by atoms with Crippen molar-refractivity contribution < 1.29 is 0 Å². The lowest BCUT2D eigenvalue weighted by Crippen LogP contribution is -2.09. The van der Waals surface area contributed by atoms with Crippen molar-refractivity contribution in [3.63, 3.8) is 0 Å². The number of hydrogen-bond donors (Lipinski definition) is 0. The SMILES string of the molecule is C1=Cc2c3c(ccc2=C1)=CC=N3. The van der Waals surface area contributed by atoms with E-state index in [1.807, 2.05) is 12.3 Å². The van der Waals surface area contributed by atoms with Crippen LogP contribution in [0.15, 0.2) is 23.2 Å². The number of benzene rings is 1. The van der Waals surface area contributed by atoms with Gasteiger partial charge in [-0.3, -0.25) is 4.99 Å². The van der Waals surface area contributed by atoms with E-state index in [-0.39, 0.29) is 0 Å². The Hall–Kier alpha value is -1.63. The lowest BCUT2D eigenvalue weighted by atomic mass is 10.1. The highest BCUT2D eigenvalue weighted by Crippen LogP contribution is 2.16. The first-order valence-electron chi connectivity index (χ1n) is 4.01. The zero-order valence-corrected chi connectivity index (χ0v) is 6.49. The van der Waals surface area contributed by atoms with Crippen molar-refractivity contribution in [1.29, 1.82) is 0 Å².